The second-order valence-corrected chi connectivity index (χ2v) is 2.95. The smallest absolute Gasteiger partial charge is 0.147 e. The molecule has 0 amide bonds. The summed E-state index contributed by atoms with van der Waals surface area (Å²) >= 11 is 5.78. The lowest BCUT2D eigenvalue weighted by atomic mass is 10.3. The molecule has 0 aliphatic rings. The third-order valence-corrected chi connectivity index (χ3v) is 1.91. The molecule has 0 radical (unpaired) electrons. The highest BCUT2D eigenvalue weighted by Crippen LogP contribution is 2.24. The second-order valence-electron chi connectivity index (χ2n) is 2.55. The van der Waals surface area contributed by atoms with E-state index < -0.39 is 0 Å². The summed E-state index contributed by atoms with van der Waals surface area (Å²) in [6.07, 6.45) is 3.78. The van der Waals surface area contributed by atoms with E-state index in [1.54, 1.807) is 12.1 Å². The van der Waals surface area contributed by atoms with Crippen LogP contribution in [0.4, 0.5) is 10.1 Å². The molecule has 0 heterocycles. The SMILES string of the molecule is C/C=C/CNc1c(F)cccc1Cl. The van der Waals surface area contributed by atoms with Gasteiger partial charge in [0.15, 0.2) is 0 Å². The van der Waals surface area contributed by atoms with Gasteiger partial charge < -0.3 is 5.32 Å². The van der Waals surface area contributed by atoms with E-state index in [0.29, 0.717) is 17.3 Å². The van der Waals surface area contributed by atoms with E-state index in [9.17, 15) is 4.39 Å². The van der Waals surface area contributed by atoms with Crippen LogP contribution in [0.15, 0.2) is 30.4 Å². The summed E-state index contributed by atoms with van der Waals surface area (Å²) in [5, 5.41) is 3.30. The lowest BCUT2D eigenvalue weighted by Gasteiger charge is -2.06. The number of hydrogen-bond acceptors (Lipinski definition) is 1. The molecule has 1 N–H and O–H groups in total. The highest BCUT2D eigenvalue weighted by molar-refractivity contribution is 6.33. The first-order valence-corrected chi connectivity index (χ1v) is 4.42. The van der Waals surface area contributed by atoms with Gasteiger partial charge in [-0.25, -0.2) is 4.39 Å². The Morgan fingerprint density at radius 3 is 2.92 bits per heavy atom. The minimum Gasteiger partial charge on any atom is -0.378 e. The predicted octanol–water partition coefficient (Wildman–Crippen LogP) is 3.47. The van der Waals surface area contributed by atoms with Gasteiger partial charge in [0.2, 0.25) is 0 Å². The van der Waals surface area contributed by atoms with Crippen molar-refractivity contribution in [2.24, 2.45) is 0 Å². The molecule has 0 aliphatic heterocycles. The van der Waals surface area contributed by atoms with Crippen molar-refractivity contribution in [2.75, 3.05) is 11.9 Å². The van der Waals surface area contributed by atoms with Gasteiger partial charge in [-0.1, -0.05) is 29.8 Å². The molecule has 3 heteroatoms. The molecule has 0 unspecified atom stereocenters. The standard InChI is InChI=1S/C10H11ClFN/c1-2-3-7-13-10-8(11)5-4-6-9(10)12/h2-6,13H,7H2,1H3/b3-2+. The molecule has 1 rings (SSSR count). The van der Waals surface area contributed by atoms with Gasteiger partial charge in [-0.2, -0.15) is 0 Å². The fourth-order valence-electron chi connectivity index (χ4n) is 0.946. The molecule has 1 nitrogen and oxygen atoms in total. The first kappa shape index (κ1) is 10.1. The maximum atomic E-state index is 13.1. The molecule has 1 aromatic rings. The Morgan fingerprint density at radius 1 is 1.54 bits per heavy atom. The average molecular weight is 200 g/mol. The average Bonchev–Trinajstić information content (AvgIpc) is 2.10. The Bertz CT molecular complexity index is 290. The van der Waals surface area contributed by atoms with E-state index in [-0.39, 0.29) is 5.82 Å². The number of halogens is 2. The molecule has 0 aliphatic carbocycles. The van der Waals surface area contributed by atoms with Crippen molar-refractivity contribution >= 4 is 17.3 Å². The molecule has 0 bridgehead atoms. The number of nitrogens with one attached hydrogen (secondary N) is 1. The Balaban J connectivity index is 2.75. The van der Waals surface area contributed by atoms with Crippen molar-refractivity contribution in [3.8, 4) is 0 Å². The first-order chi connectivity index (χ1) is 6.25. The van der Waals surface area contributed by atoms with Crippen LogP contribution in [0.5, 0.6) is 0 Å². The molecule has 0 spiro atoms. The number of rotatable bonds is 3. The van der Waals surface area contributed by atoms with Crippen molar-refractivity contribution in [3.63, 3.8) is 0 Å². The monoisotopic (exact) mass is 199 g/mol. The quantitative estimate of drug-likeness (QED) is 0.736. The zero-order chi connectivity index (χ0) is 9.68. The molecule has 0 saturated carbocycles. The first-order valence-electron chi connectivity index (χ1n) is 4.04. The van der Waals surface area contributed by atoms with E-state index in [2.05, 4.69) is 5.32 Å². The fraction of sp³-hybridized carbons (Fsp3) is 0.200. The van der Waals surface area contributed by atoms with E-state index in [1.807, 2.05) is 19.1 Å². The Kier molecular flexibility index (Phi) is 3.77. The van der Waals surface area contributed by atoms with Crippen LogP contribution in [-0.4, -0.2) is 6.54 Å². The normalized spacial score (nSPS) is 10.7. The number of anilines is 1. The largest absolute Gasteiger partial charge is 0.378 e. The van der Waals surface area contributed by atoms with Gasteiger partial charge >= 0.3 is 0 Å². The van der Waals surface area contributed by atoms with E-state index in [4.69, 9.17) is 11.6 Å². The summed E-state index contributed by atoms with van der Waals surface area (Å²) in [6.45, 7) is 2.49. The fourth-order valence-corrected chi connectivity index (χ4v) is 1.18. The van der Waals surface area contributed by atoms with E-state index >= 15 is 0 Å². The number of hydrogen-bond donors (Lipinski definition) is 1. The molecule has 70 valence electrons. The molecular formula is C10H11ClFN. The van der Waals surface area contributed by atoms with Gasteiger partial charge in [0, 0.05) is 6.54 Å². The molecule has 0 saturated heterocycles. The van der Waals surface area contributed by atoms with Crippen molar-refractivity contribution in [1.29, 1.82) is 0 Å². The van der Waals surface area contributed by atoms with Crippen LogP contribution in [-0.2, 0) is 0 Å². The Labute approximate surface area is 82.2 Å². The lowest BCUT2D eigenvalue weighted by Crippen LogP contribution is -2.00. The van der Waals surface area contributed by atoms with Crippen LogP contribution < -0.4 is 5.32 Å². The van der Waals surface area contributed by atoms with Crippen LogP contribution in [0.25, 0.3) is 0 Å². The number of benzene rings is 1. The van der Waals surface area contributed by atoms with Gasteiger partial charge in [0.1, 0.15) is 5.82 Å². The van der Waals surface area contributed by atoms with Crippen LogP contribution >= 0.6 is 11.6 Å². The minimum absolute atomic E-state index is 0.322. The van der Waals surface area contributed by atoms with Gasteiger partial charge in [-0.15, -0.1) is 0 Å². The van der Waals surface area contributed by atoms with Crippen LogP contribution in [0.1, 0.15) is 6.92 Å². The van der Waals surface area contributed by atoms with Crippen LogP contribution in [0, 0.1) is 5.82 Å². The molecule has 13 heavy (non-hydrogen) atoms. The van der Waals surface area contributed by atoms with Gasteiger partial charge in [-0.05, 0) is 19.1 Å². The number of para-hydroxylation sites is 1. The zero-order valence-corrected chi connectivity index (χ0v) is 8.11. The topological polar surface area (TPSA) is 12.0 Å². The summed E-state index contributed by atoms with van der Waals surface area (Å²) in [5.74, 6) is -0.322. The molecule has 0 atom stereocenters. The van der Waals surface area contributed by atoms with Gasteiger partial charge in [-0.3, -0.25) is 0 Å². The summed E-state index contributed by atoms with van der Waals surface area (Å²) in [4.78, 5) is 0. The van der Waals surface area contributed by atoms with Gasteiger partial charge in [0.25, 0.3) is 0 Å². The summed E-state index contributed by atoms with van der Waals surface area (Å²) < 4.78 is 13.1. The number of allylic oxidation sites excluding steroid dienone is 1. The molecular weight excluding hydrogens is 189 g/mol. The van der Waals surface area contributed by atoms with Crippen molar-refractivity contribution in [3.05, 3.63) is 41.2 Å². The molecule has 0 fully saturated rings. The van der Waals surface area contributed by atoms with Crippen LogP contribution in [0.3, 0.4) is 0 Å². The Morgan fingerprint density at radius 2 is 2.31 bits per heavy atom. The predicted molar refractivity (Wildman–Crippen MR) is 54.7 cm³/mol. The summed E-state index contributed by atoms with van der Waals surface area (Å²) in [5.41, 5.74) is 0.363. The van der Waals surface area contributed by atoms with Crippen molar-refractivity contribution < 1.29 is 4.39 Å². The van der Waals surface area contributed by atoms with Crippen molar-refractivity contribution in [2.45, 2.75) is 6.92 Å². The molecule has 1 aromatic carbocycles. The second kappa shape index (κ2) is 4.87. The van der Waals surface area contributed by atoms with E-state index in [0.717, 1.165) is 0 Å². The minimum atomic E-state index is -0.322. The highest BCUT2D eigenvalue weighted by Gasteiger charge is 2.03. The van der Waals surface area contributed by atoms with Gasteiger partial charge in [0.05, 0.1) is 10.7 Å². The highest BCUT2D eigenvalue weighted by atomic mass is 35.5. The zero-order valence-electron chi connectivity index (χ0n) is 7.35. The summed E-state index contributed by atoms with van der Waals surface area (Å²) in [7, 11) is 0. The maximum Gasteiger partial charge on any atom is 0.147 e. The van der Waals surface area contributed by atoms with Crippen molar-refractivity contribution in [1.82, 2.24) is 0 Å². The van der Waals surface area contributed by atoms with Crippen LogP contribution in [0.2, 0.25) is 5.02 Å². The Hall–Kier alpha value is -1.02. The summed E-state index contributed by atoms with van der Waals surface area (Å²) in [6, 6.07) is 4.62. The maximum absolute atomic E-state index is 13.1. The lowest BCUT2D eigenvalue weighted by molar-refractivity contribution is 0.631. The van der Waals surface area contributed by atoms with E-state index in [1.165, 1.54) is 6.07 Å². The molecule has 0 aromatic heterocycles. The third-order valence-electron chi connectivity index (χ3n) is 1.60. The third kappa shape index (κ3) is 2.74.